The fourth-order valence-electron chi connectivity index (χ4n) is 5.49. The minimum atomic E-state index is -5.66. The Morgan fingerprint density at radius 2 is 1.30 bits per heavy atom. The smallest absolute Gasteiger partial charge is 0.744 e. The summed E-state index contributed by atoms with van der Waals surface area (Å²) in [4.78, 5) is 22.4. The van der Waals surface area contributed by atoms with Crippen LogP contribution in [0, 0.1) is 0 Å². The van der Waals surface area contributed by atoms with Crippen LogP contribution in [0.5, 0.6) is 0 Å². The van der Waals surface area contributed by atoms with E-state index in [1.807, 2.05) is 0 Å². The van der Waals surface area contributed by atoms with Gasteiger partial charge in [-0.2, -0.15) is 20.1 Å². The van der Waals surface area contributed by atoms with E-state index < -0.39 is 123 Å². The number of carbonyl (C=O) groups is 1. The topological polar surface area (TPSA) is 376 Å². The summed E-state index contributed by atoms with van der Waals surface area (Å²) in [6.45, 7) is -0.938. The van der Waals surface area contributed by atoms with Crippen LogP contribution in [0.3, 0.4) is 0 Å². The number of halogens is 1. The molecule has 33 heteroatoms. The van der Waals surface area contributed by atoms with Gasteiger partial charge in [-0.25, -0.2) is 42.1 Å². The van der Waals surface area contributed by atoms with E-state index >= 15 is 0 Å². The molecule has 0 spiro atoms. The van der Waals surface area contributed by atoms with Crippen molar-refractivity contribution in [1.29, 1.82) is 0 Å². The summed E-state index contributed by atoms with van der Waals surface area (Å²) in [7, 11) is -25.5. The number of benzene rings is 4. The fourth-order valence-corrected chi connectivity index (χ4v) is 8.95. The molecule has 0 amide bonds. The minimum absolute atomic E-state index is 0. The standard InChI is InChI=1S/C31H24ClN7O16S5.4Na/c32-29-35-30(33-18-6-8-19(9-7-18)56(41,42)12-11-55-60(52,53)54)37-31(36-29)34-22-15-20(57(43,44)45)13-17-14-24(59(49,50)51)27(28(40)25(17)22)39-38-26-21-4-2-1-3-16(21)5-10-23(26)58(46,47)48;;;;/h1-10,13-15,38H,11-12H2,(H,43,44,45)(H,46,47,48)(H,49,50,51)(H,52,53,54)(H2,33,34,35,36,37);;;;/q;4*+1/p-4/b39-27+;;;;. The zero-order chi connectivity index (χ0) is 44.0. The number of rotatable bonds is 14. The Morgan fingerprint density at radius 3 is 1.88 bits per heavy atom. The quantitative estimate of drug-likeness (QED) is 0.0402. The molecule has 0 unspecified atom stereocenters. The van der Waals surface area contributed by atoms with E-state index in [1.165, 1.54) is 36.4 Å². The maximum atomic E-state index is 14.1. The van der Waals surface area contributed by atoms with Crippen LogP contribution in [0.2, 0.25) is 5.28 Å². The van der Waals surface area contributed by atoms with Crippen molar-refractivity contribution in [3.05, 3.63) is 94.1 Å². The van der Waals surface area contributed by atoms with Gasteiger partial charge in [0.1, 0.15) is 36.1 Å². The molecular weight excluding hydrogens is 1010 g/mol. The summed E-state index contributed by atoms with van der Waals surface area (Å²) in [5.74, 6) is -3.18. The van der Waals surface area contributed by atoms with Crippen LogP contribution in [0.25, 0.3) is 16.8 Å². The second-order valence-corrected chi connectivity index (χ2v) is 19.5. The van der Waals surface area contributed by atoms with E-state index in [-0.39, 0.29) is 140 Å². The molecule has 5 aromatic rings. The van der Waals surface area contributed by atoms with Gasteiger partial charge in [0.25, 0.3) is 0 Å². The first-order valence-corrected chi connectivity index (χ1v) is 23.5. The van der Waals surface area contributed by atoms with E-state index in [9.17, 15) is 65.1 Å². The van der Waals surface area contributed by atoms with Crippen molar-refractivity contribution in [3.8, 4) is 0 Å². The molecule has 0 aliphatic heterocycles. The zero-order valence-corrected chi connectivity index (χ0v) is 46.0. The third-order valence-corrected chi connectivity index (χ3v) is 12.9. The molecule has 0 bridgehead atoms. The summed E-state index contributed by atoms with van der Waals surface area (Å²) < 4.78 is 171. The SMILES string of the molecule is O=C1/C(=N/Nc2c(S(=O)(=O)[O-])ccc3ccccc23)C(S(=O)(=O)[O-])=Cc2cc(S(=O)(=O)[O-])cc(Nc3nc(Cl)nc(Nc4ccc(S(=O)(=O)CCOS(=O)(=O)[O-])cc4)n3)c21.[Na+].[Na+].[Na+].[Na+]. The summed E-state index contributed by atoms with van der Waals surface area (Å²) >= 11 is 6.09. The first kappa shape index (κ1) is 58.6. The molecule has 0 radical (unpaired) electrons. The first-order valence-electron chi connectivity index (χ1n) is 15.9. The Balaban J connectivity index is 0.00000352. The maximum Gasteiger partial charge on any atom is 1.00 e. The molecule has 6 rings (SSSR count). The number of nitrogens with zero attached hydrogens (tertiary/aromatic N) is 4. The maximum absolute atomic E-state index is 14.1. The van der Waals surface area contributed by atoms with Gasteiger partial charge in [-0.1, -0.05) is 30.3 Å². The molecule has 23 nitrogen and oxygen atoms in total. The van der Waals surface area contributed by atoms with Crippen LogP contribution in [0.4, 0.5) is 29.0 Å². The van der Waals surface area contributed by atoms with E-state index in [1.54, 1.807) is 6.07 Å². The fraction of sp³-hybridized carbons (Fsp3) is 0.0645. The van der Waals surface area contributed by atoms with Crippen LogP contribution in [-0.4, -0.2) is 99.1 Å². The molecule has 0 saturated carbocycles. The number of nitrogens with one attached hydrogen (secondary N) is 3. The van der Waals surface area contributed by atoms with Gasteiger partial charge >= 0.3 is 118 Å². The normalized spacial score (nSPS) is 13.5. The van der Waals surface area contributed by atoms with Crippen LogP contribution in [-0.2, 0) is 54.8 Å². The average molecular weight is 1030 g/mol. The number of hydrogen-bond donors (Lipinski definition) is 3. The molecule has 0 atom stereocenters. The Bertz CT molecular complexity index is 3280. The van der Waals surface area contributed by atoms with E-state index in [0.29, 0.717) is 23.6 Å². The van der Waals surface area contributed by atoms with Crippen molar-refractivity contribution >= 4 is 119 Å². The molecule has 3 N–H and O–H groups in total. The number of Topliss-reactive ketones (excluding diaryl/α,β-unsaturated/α-hetero) is 1. The molecule has 0 fully saturated rings. The number of carbonyl (C=O) groups excluding carboxylic acids is 1. The van der Waals surface area contributed by atoms with Crippen molar-refractivity contribution < 1.29 is 188 Å². The second kappa shape index (κ2) is 22.7. The van der Waals surface area contributed by atoms with Crippen LogP contribution >= 0.6 is 11.6 Å². The molecule has 316 valence electrons. The van der Waals surface area contributed by atoms with Crippen molar-refractivity contribution in [2.24, 2.45) is 5.10 Å². The number of aromatic nitrogens is 3. The molecule has 1 aromatic heterocycles. The van der Waals surface area contributed by atoms with Gasteiger partial charge in [-0.15, -0.1) is 0 Å². The van der Waals surface area contributed by atoms with Crippen molar-refractivity contribution in [2.75, 3.05) is 28.4 Å². The largest absolute Gasteiger partial charge is 1.00 e. The number of fused-ring (bicyclic) bond motifs is 2. The molecule has 1 aliphatic rings. The van der Waals surface area contributed by atoms with E-state index in [2.05, 4.69) is 40.3 Å². The minimum Gasteiger partial charge on any atom is -0.744 e. The zero-order valence-electron chi connectivity index (χ0n) is 33.2. The van der Waals surface area contributed by atoms with Gasteiger partial charge < -0.3 is 28.8 Å². The van der Waals surface area contributed by atoms with Gasteiger partial charge in [0.05, 0.1) is 48.9 Å². The summed E-state index contributed by atoms with van der Waals surface area (Å²) in [6, 6.07) is 14.0. The number of anilines is 5. The van der Waals surface area contributed by atoms with Crippen molar-refractivity contribution in [1.82, 2.24) is 15.0 Å². The van der Waals surface area contributed by atoms with Crippen LogP contribution in [0.1, 0.15) is 15.9 Å². The third-order valence-electron chi connectivity index (χ3n) is 8.01. The Morgan fingerprint density at radius 1 is 0.688 bits per heavy atom. The Labute approximate surface area is 458 Å². The number of allylic oxidation sites excluding steroid dienone is 1. The van der Waals surface area contributed by atoms with E-state index in [4.69, 9.17) is 11.6 Å². The van der Waals surface area contributed by atoms with Gasteiger partial charge in [0, 0.05) is 11.1 Å². The molecule has 64 heavy (non-hydrogen) atoms. The molecular formula is C31H20ClN7Na4O16S5. The summed E-state index contributed by atoms with van der Waals surface area (Å²) in [6.07, 6.45) is 0.532. The first-order chi connectivity index (χ1) is 27.8. The Kier molecular flexibility index (Phi) is 20.8. The summed E-state index contributed by atoms with van der Waals surface area (Å²) in [5.41, 5.74) is -1.14. The van der Waals surface area contributed by atoms with Gasteiger partial charge in [-0.05, 0) is 71.1 Å². The molecule has 0 saturated heterocycles. The average Bonchev–Trinajstić information content (AvgIpc) is 3.12. The van der Waals surface area contributed by atoms with Gasteiger partial charge in [0.2, 0.25) is 33.4 Å². The number of sulfone groups is 1. The molecule has 1 aliphatic carbocycles. The molecule has 1 heterocycles. The second-order valence-electron chi connectivity index (χ2n) is 11.9. The summed E-state index contributed by atoms with van der Waals surface area (Å²) in [5, 5.41) is 8.80. The number of ketones is 1. The van der Waals surface area contributed by atoms with Crippen LogP contribution in [0.15, 0.2) is 97.5 Å². The van der Waals surface area contributed by atoms with Gasteiger partial charge in [-0.3, -0.25) is 14.4 Å². The third kappa shape index (κ3) is 14.5. The van der Waals surface area contributed by atoms with Crippen LogP contribution < -0.4 is 134 Å². The van der Waals surface area contributed by atoms with Crippen molar-refractivity contribution in [3.63, 3.8) is 0 Å². The molecule has 4 aromatic carbocycles. The van der Waals surface area contributed by atoms with Crippen molar-refractivity contribution in [2.45, 2.75) is 14.7 Å². The Hall–Kier alpha value is -1.53. The predicted molar refractivity (Wildman–Crippen MR) is 205 cm³/mol. The monoisotopic (exact) mass is 1030 g/mol. The van der Waals surface area contributed by atoms with Gasteiger partial charge in [0.15, 0.2) is 9.84 Å². The number of hydrazone groups is 1. The van der Waals surface area contributed by atoms with E-state index in [0.717, 1.165) is 18.2 Å². The predicted octanol–water partition coefficient (Wildman–Crippen LogP) is -10.2. The number of hydrogen-bond acceptors (Lipinski definition) is 23.